The van der Waals surface area contributed by atoms with Crippen LogP contribution in [-0.4, -0.2) is 42.8 Å². The van der Waals surface area contributed by atoms with Gasteiger partial charge in [0.15, 0.2) is 0 Å². The molecule has 1 aliphatic rings. The van der Waals surface area contributed by atoms with Crippen molar-refractivity contribution in [3.8, 4) is 0 Å². The summed E-state index contributed by atoms with van der Waals surface area (Å²) in [6, 6.07) is 0.942. The van der Waals surface area contributed by atoms with E-state index >= 15 is 0 Å². The third-order valence-corrected chi connectivity index (χ3v) is 3.20. The molecule has 0 amide bonds. The third kappa shape index (κ3) is 2.22. The summed E-state index contributed by atoms with van der Waals surface area (Å²) in [6.45, 7) is 8.06. The molecule has 1 heterocycles. The lowest BCUT2D eigenvalue weighted by atomic mass is 9.96. The standard InChI is InChI=1S/C10H22N2O/c1-8(7-11)12(4)9-5-6-13-10(9,2)3/h8-9H,5-7,11H2,1-4H3. The first-order valence-electron chi connectivity index (χ1n) is 5.05. The van der Waals surface area contributed by atoms with Gasteiger partial charge in [-0.3, -0.25) is 4.90 Å². The van der Waals surface area contributed by atoms with Gasteiger partial charge in [0, 0.05) is 25.2 Å². The summed E-state index contributed by atoms with van der Waals surface area (Å²) in [5.41, 5.74) is 5.63. The van der Waals surface area contributed by atoms with Gasteiger partial charge in [-0.15, -0.1) is 0 Å². The average Bonchev–Trinajstić information content (AvgIpc) is 2.42. The zero-order valence-corrected chi connectivity index (χ0v) is 9.21. The minimum absolute atomic E-state index is 0.0157. The van der Waals surface area contributed by atoms with Gasteiger partial charge in [-0.05, 0) is 34.2 Å². The highest BCUT2D eigenvalue weighted by molar-refractivity contribution is 4.92. The van der Waals surface area contributed by atoms with E-state index in [4.69, 9.17) is 10.5 Å². The van der Waals surface area contributed by atoms with Crippen LogP contribution in [0.5, 0.6) is 0 Å². The van der Waals surface area contributed by atoms with E-state index < -0.39 is 0 Å². The van der Waals surface area contributed by atoms with Gasteiger partial charge < -0.3 is 10.5 Å². The van der Waals surface area contributed by atoms with Gasteiger partial charge in [-0.2, -0.15) is 0 Å². The highest BCUT2D eigenvalue weighted by Gasteiger charge is 2.39. The van der Waals surface area contributed by atoms with Gasteiger partial charge in [0.05, 0.1) is 5.60 Å². The second-order valence-corrected chi connectivity index (χ2v) is 4.51. The Morgan fingerprint density at radius 2 is 2.23 bits per heavy atom. The third-order valence-electron chi connectivity index (χ3n) is 3.20. The van der Waals surface area contributed by atoms with Crippen LogP contribution in [0.1, 0.15) is 27.2 Å². The summed E-state index contributed by atoms with van der Waals surface area (Å²) < 4.78 is 5.69. The van der Waals surface area contributed by atoms with Gasteiger partial charge in [-0.25, -0.2) is 0 Å². The number of hydrogen-bond donors (Lipinski definition) is 1. The first-order chi connectivity index (χ1) is 5.99. The minimum atomic E-state index is -0.0157. The largest absolute Gasteiger partial charge is 0.374 e. The molecule has 0 saturated carbocycles. The number of nitrogens with two attached hydrogens (primary N) is 1. The van der Waals surface area contributed by atoms with Crippen molar-refractivity contribution in [1.29, 1.82) is 0 Å². The lowest BCUT2D eigenvalue weighted by molar-refractivity contribution is -0.0116. The number of rotatable bonds is 3. The highest BCUT2D eigenvalue weighted by atomic mass is 16.5. The van der Waals surface area contributed by atoms with E-state index in [1.165, 1.54) is 0 Å². The monoisotopic (exact) mass is 186 g/mol. The van der Waals surface area contributed by atoms with Crippen LogP contribution in [0.15, 0.2) is 0 Å². The predicted molar refractivity (Wildman–Crippen MR) is 54.7 cm³/mol. The lowest BCUT2D eigenvalue weighted by Gasteiger charge is -2.37. The van der Waals surface area contributed by atoms with Crippen LogP contribution in [0.4, 0.5) is 0 Å². The second-order valence-electron chi connectivity index (χ2n) is 4.51. The molecular formula is C10H22N2O. The molecule has 2 unspecified atom stereocenters. The smallest absolute Gasteiger partial charge is 0.0781 e. The van der Waals surface area contributed by atoms with Gasteiger partial charge in [0.2, 0.25) is 0 Å². The van der Waals surface area contributed by atoms with Gasteiger partial charge in [-0.1, -0.05) is 0 Å². The molecule has 1 aliphatic heterocycles. The van der Waals surface area contributed by atoms with Crippen molar-refractivity contribution in [3.05, 3.63) is 0 Å². The second kappa shape index (κ2) is 3.95. The molecule has 1 saturated heterocycles. The fourth-order valence-corrected chi connectivity index (χ4v) is 2.04. The molecule has 0 aromatic rings. The zero-order valence-electron chi connectivity index (χ0n) is 9.21. The molecule has 1 rings (SSSR count). The first-order valence-corrected chi connectivity index (χ1v) is 5.05. The van der Waals surface area contributed by atoms with E-state index in [1.54, 1.807) is 0 Å². The first kappa shape index (κ1) is 11.0. The van der Waals surface area contributed by atoms with Crippen LogP contribution in [0.3, 0.4) is 0 Å². The molecule has 0 bridgehead atoms. The van der Waals surface area contributed by atoms with Crippen molar-refractivity contribution in [2.45, 2.75) is 44.9 Å². The van der Waals surface area contributed by atoms with Crippen LogP contribution < -0.4 is 5.73 Å². The summed E-state index contributed by atoms with van der Waals surface area (Å²) in [5, 5.41) is 0. The Labute approximate surface area is 81.2 Å². The summed E-state index contributed by atoms with van der Waals surface area (Å²) in [7, 11) is 2.14. The highest BCUT2D eigenvalue weighted by Crippen LogP contribution is 2.29. The molecule has 3 heteroatoms. The maximum Gasteiger partial charge on any atom is 0.0781 e. The molecule has 0 radical (unpaired) electrons. The zero-order chi connectivity index (χ0) is 10.1. The summed E-state index contributed by atoms with van der Waals surface area (Å²) >= 11 is 0. The average molecular weight is 186 g/mol. The Morgan fingerprint density at radius 1 is 1.62 bits per heavy atom. The van der Waals surface area contributed by atoms with E-state index in [0.29, 0.717) is 18.6 Å². The van der Waals surface area contributed by atoms with E-state index in [0.717, 1.165) is 13.0 Å². The van der Waals surface area contributed by atoms with Gasteiger partial charge >= 0.3 is 0 Å². The van der Waals surface area contributed by atoms with Crippen LogP contribution in [-0.2, 0) is 4.74 Å². The summed E-state index contributed by atoms with van der Waals surface area (Å²) in [4.78, 5) is 2.34. The predicted octanol–water partition coefficient (Wildman–Crippen LogP) is 0.833. The Balaban J connectivity index is 2.60. The summed E-state index contributed by atoms with van der Waals surface area (Å²) in [5.74, 6) is 0. The number of nitrogens with zero attached hydrogens (tertiary/aromatic N) is 1. The molecule has 0 aliphatic carbocycles. The molecule has 1 fully saturated rings. The SMILES string of the molecule is CC(CN)N(C)C1CCOC1(C)C. The van der Waals surface area contributed by atoms with Crippen molar-refractivity contribution in [2.24, 2.45) is 5.73 Å². The maximum atomic E-state index is 5.69. The Morgan fingerprint density at radius 3 is 2.62 bits per heavy atom. The van der Waals surface area contributed by atoms with Crippen LogP contribution in [0.25, 0.3) is 0 Å². The Kier molecular flexibility index (Phi) is 3.33. The molecule has 13 heavy (non-hydrogen) atoms. The van der Waals surface area contributed by atoms with Gasteiger partial charge in [0.1, 0.15) is 0 Å². The van der Waals surface area contributed by atoms with Crippen LogP contribution >= 0.6 is 0 Å². The molecule has 0 spiro atoms. The van der Waals surface area contributed by atoms with Crippen LogP contribution in [0.2, 0.25) is 0 Å². The molecule has 3 nitrogen and oxygen atoms in total. The molecular weight excluding hydrogens is 164 g/mol. The number of hydrogen-bond acceptors (Lipinski definition) is 3. The minimum Gasteiger partial charge on any atom is -0.374 e. The normalized spacial score (nSPS) is 29.5. The molecule has 2 atom stereocenters. The van der Waals surface area contributed by atoms with Crippen molar-refractivity contribution < 1.29 is 4.74 Å². The number of likely N-dealkylation sites (N-methyl/N-ethyl adjacent to an activating group) is 1. The fraction of sp³-hybridized carbons (Fsp3) is 1.00. The molecule has 0 aromatic heterocycles. The maximum absolute atomic E-state index is 5.69. The van der Waals surface area contributed by atoms with Crippen molar-refractivity contribution >= 4 is 0 Å². The topological polar surface area (TPSA) is 38.5 Å². The van der Waals surface area contributed by atoms with Crippen LogP contribution in [0, 0.1) is 0 Å². The summed E-state index contributed by atoms with van der Waals surface area (Å²) in [6.07, 6.45) is 1.12. The van der Waals surface area contributed by atoms with Crippen molar-refractivity contribution in [1.82, 2.24) is 4.90 Å². The number of ether oxygens (including phenoxy) is 1. The Bertz CT molecular complexity index is 170. The van der Waals surface area contributed by atoms with Gasteiger partial charge in [0.25, 0.3) is 0 Å². The molecule has 2 N–H and O–H groups in total. The van der Waals surface area contributed by atoms with E-state index in [9.17, 15) is 0 Å². The van der Waals surface area contributed by atoms with E-state index in [2.05, 4.69) is 32.7 Å². The quantitative estimate of drug-likeness (QED) is 0.709. The fourth-order valence-electron chi connectivity index (χ4n) is 2.04. The molecule has 0 aromatic carbocycles. The molecule has 78 valence electrons. The van der Waals surface area contributed by atoms with Crippen molar-refractivity contribution in [3.63, 3.8) is 0 Å². The van der Waals surface area contributed by atoms with E-state index in [-0.39, 0.29) is 5.60 Å². The van der Waals surface area contributed by atoms with Crippen molar-refractivity contribution in [2.75, 3.05) is 20.2 Å². The van der Waals surface area contributed by atoms with E-state index in [1.807, 2.05) is 0 Å². The lowest BCUT2D eigenvalue weighted by Crippen LogP contribution is -2.50. The Hall–Kier alpha value is -0.120.